The number of hydrogen-bond acceptors (Lipinski definition) is 7. The highest BCUT2D eigenvalue weighted by molar-refractivity contribution is 7.99. The molecule has 2 aromatic rings. The molecule has 0 bridgehead atoms. The summed E-state index contributed by atoms with van der Waals surface area (Å²) < 4.78 is 11.0. The Balaban J connectivity index is 1.56. The minimum Gasteiger partial charge on any atom is -0.486 e. The van der Waals surface area contributed by atoms with Gasteiger partial charge in [-0.25, -0.2) is 15.4 Å². The van der Waals surface area contributed by atoms with E-state index in [1.54, 1.807) is 18.5 Å². The highest BCUT2D eigenvalue weighted by Crippen LogP contribution is 2.30. The third kappa shape index (κ3) is 4.23. The molecule has 124 valence electrons. The summed E-state index contributed by atoms with van der Waals surface area (Å²) in [7, 11) is 0. The molecule has 0 saturated carbocycles. The van der Waals surface area contributed by atoms with E-state index in [-0.39, 0.29) is 11.7 Å². The van der Waals surface area contributed by atoms with Crippen LogP contribution in [0.3, 0.4) is 0 Å². The van der Waals surface area contributed by atoms with Gasteiger partial charge in [0.2, 0.25) is 0 Å². The molecule has 0 radical (unpaired) electrons. The van der Waals surface area contributed by atoms with Crippen molar-refractivity contribution in [2.45, 2.75) is 12.1 Å². The second-order valence-corrected chi connectivity index (χ2v) is 5.85. The van der Waals surface area contributed by atoms with Gasteiger partial charge in [0.15, 0.2) is 16.7 Å². The number of fused-ring (bicyclic) bond motifs is 1. The van der Waals surface area contributed by atoms with E-state index in [1.807, 2.05) is 25.1 Å². The highest BCUT2D eigenvalue weighted by atomic mass is 32.2. The van der Waals surface area contributed by atoms with Gasteiger partial charge in [-0.1, -0.05) is 11.8 Å². The lowest BCUT2D eigenvalue weighted by Gasteiger charge is -2.18. The molecule has 8 heteroatoms. The number of hydrazone groups is 1. The van der Waals surface area contributed by atoms with E-state index >= 15 is 0 Å². The summed E-state index contributed by atoms with van der Waals surface area (Å²) in [6, 6.07) is 7.30. The molecule has 0 fully saturated rings. The van der Waals surface area contributed by atoms with Gasteiger partial charge in [-0.05, 0) is 31.2 Å². The number of carbonyl (C=O) groups excluding carboxylic acids is 1. The van der Waals surface area contributed by atoms with Gasteiger partial charge in [0.1, 0.15) is 13.2 Å². The Kier molecular flexibility index (Phi) is 5.27. The molecule has 0 aliphatic carbocycles. The summed E-state index contributed by atoms with van der Waals surface area (Å²) in [4.78, 5) is 19.9. The van der Waals surface area contributed by atoms with Crippen molar-refractivity contribution >= 4 is 23.4 Å². The number of ether oxygens (including phenoxy) is 2. The molecule has 2 heterocycles. The van der Waals surface area contributed by atoms with Crippen LogP contribution in [0.2, 0.25) is 0 Å². The predicted octanol–water partition coefficient (Wildman–Crippen LogP) is 1.88. The Hall–Kier alpha value is -2.61. The monoisotopic (exact) mass is 344 g/mol. The Morgan fingerprint density at radius 1 is 1.25 bits per heavy atom. The molecule has 1 amide bonds. The van der Waals surface area contributed by atoms with Crippen LogP contribution in [0.25, 0.3) is 0 Å². The van der Waals surface area contributed by atoms with Gasteiger partial charge in [0.05, 0.1) is 11.5 Å². The van der Waals surface area contributed by atoms with Crippen LogP contribution in [-0.4, -0.2) is 40.6 Å². The van der Waals surface area contributed by atoms with Crippen LogP contribution in [0.1, 0.15) is 12.5 Å². The average molecular weight is 344 g/mol. The van der Waals surface area contributed by atoms with Crippen LogP contribution in [-0.2, 0) is 4.79 Å². The van der Waals surface area contributed by atoms with Crippen LogP contribution in [0.4, 0.5) is 0 Å². The molecule has 0 unspecified atom stereocenters. The van der Waals surface area contributed by atoms with Crippen LogP contribution in [0.5, 0.6) is 11.5 Å². The molecule has 1 N–H and O–H groups in total. The summed E-state index contributed by atoms with van der Waals surface area (Å²) in [5, 5.41) is 4.68. The lowest BCUT2D eigenvalue weighted by atomic mass is 10.1. The highest BCUT2D eigenvalue weighted by Gasteiger charge is 2.12. The summed E-state index contributed by atoms with van der Waals surface area (Å²) in [6.45, 7) is 2.90. The molecule has 7 nitrogen and oxygen atoms in total. The van der Waals surface area contributed by atoms with Crippen molar-refractivity contribution in [3.8, 4) is 11.5 Å². The largest absolute Gasteiger partial charge is 0.486 e. The van der Waals surface area contributed by atoms with E-state index in [1.165, 1.54) is 11.8 Å². The molecular formula is C16H16N4O3S. The summed E-state index contributed by atoms with van der Waals surface area (Å²) in [6.07, 6.45) is 3.27. The zero-order valence-electron chi connectivity index (χ0n) is 13.1. The maximum Gasteiger partial charge on any atom is 0.250 e. The van der Waals surface area contributed by atoms with Crippen LogP contribution >= 0.6 is 11.8 Å². The standard InChI is InChI=1S/C16H16N4O3S/c1-11(12-3-4-13-14(9-12)23-8-7-22-13)19-20-15(21)10-24-16-17-5-2-6-18-16/h2-6,9H,7-8,10H2,1H3,(H,20,21)/b19-11+. The topological polar surface area (TPSA) is 85.7 Å². The van der Waals surface area contributed by atoms with Gasteiger partial charge in [-0.3, -0.25) is 4.79 Å². The second-order valence-electron chi connectivity index (χ2n) is 4.91. The van der Waals surface area contributed by atoms with Crippen molar-refractivity contribution in [3.05, 3.63) is 42.2 Å². The van der Waals surface area contributed by atoms with Crippen molar-refractivity contribution in [1.82, 2.24) is 15.4 Å². The van der Waals surface area contributed by atoms with Gasteiger partial charge in [-0.2, -0.15) is 5.10 Å². The fourth-order valence-corrected chi connectivity index (χ4v) is 2.60. The van der Waals surface area contributed by atoms with E-state index < -0.39 is 0 Å². The van der Waals surface area contributed by atoms with Gasteiger partial charge in [-0.15, -0.1) is 0 Å². The minimum absolute atomic E-state index is 0.196. The van der Waals surface area contributed by atoms with Gasteiger partial charge in [0, 0.05) is 18.0 Å². The molecule has 0 saturated heterocycles. The fourth-order valence-electron chi connectivity index (χ4n) is 2.00. The van der Waals surface area contributed by atoms with Crippen LogP contribution in [0.15, 0.2) is 46.9 Å². The van der Waals surface area contributed by atoms with Crippen molar-refractivity contribution in [2.24, 2.45) is 5.10 Å². The van der Waals surface area contributed by atoms with Crippen molar-refractivity contribution in [3.63, 3.8) is 0 Å². The number of nitrogens with one attached hydrogen (secondary N) is 1. The Bertz CT molecular complexity index is 752. The lowest BCUT2D eigenvalue weighted by molar-refractivity contribution is -0.118. The minimum atomic E-state index is -0.218. The molecule has 1 aliphatic heterocycles. The Labute approximate surface area is 143 Å². The maximum absolute atomic E-state index is 11.8. The number of amides is 1. The average Bonchev–Trinajstić information content (AvgIpc) is 2.65. The summed E-state index contributed by atoms with van der Waals surface area (Å²) in [5.74, 6) is 1.39. The molecule has 1 aromatic heterocycles. The number of nitrogens with zero attached hydrogens (tertiary/aromatic N) is 3. The SMILES string of the molecule is C/C(=N\NC(=O)CSc1ncccn1)c1ccc2c(c1)OCCO2. The van der Waals surface area contributed by atoms with E-state index in [9.17, 15) is 4.79 Å². The van der Waals surface area contributed by atoms with Gasteiger partial charge < -0.3 is 9.47 Å². The molecule has 1 aliphatic rings. The van der Waals surface area contributed by atoms with E-state index in [2.05, 4.69) is 20.5 Å². The first-order valence-corrected chi connectivity index (χ1v) is 8.34. The molecule has 3 rings (SSSR count). The quantitative estimate of drug-likeness (QED) is 0.386. The molecule has 0 atom stereocenters. The Morgan fingerprint density at radius 3 is 2.79 bits per heavy atom. The number of aromatic nitrogens is 2. The maximum atomic E-state index is 11.8. The van der Waals surface area contributed by atoms with E-state index in [0.717, 1.165) is 11.3 Å². The van der Waals surface area contributed by atoms with E-state index in [0.29, 0.717) is 29.8 Å². The molecule has 24 heavy (non-hydrogen) atoms. The zero-order chi connectivity index (χ0) is 16.8. The van der Waals surface area contributed by atoms with Crippen LogP contribution < -0.4 is 14.9 Å². The summed E-state index contributed by atoms with van der Waals surface area (Å²) in [5.41, 5.74) is 4.07. The molecule has 1 aromatic carbocycles. The third-order valence-corrected chi connectivity index (χ3v) is 4.06. The first kappa shape index (κ1) is 16.3. The van der Waals surface area contributed by atoms with Gasteiger partial charge >= 0.3 is 0 Å². The fraction of sp³-hybridized carbons (Fsp3) is 0.250. The van der Waals surface area contributed by atoms with Crippen molar-refractivity contribution in [2.75, 3.05) is 19.0 Å². The second kappa shape index (κ2) is 7.78. The summed E-state index contributed by atoms with van der Waals surface area (Å²) >= 11 is 1.25. The normalized spacial score (nSPS) is 13.5. The third-order valence-electron chi connectivity index (χ3n) is 3.18. The molecular weight excluding hydrogens is 328 g/mol. The van der Waals surface area contributed by atoms with Crippen molar-refractivity contribution in [1.29, 1.82) is 0 Å². The number of hydrogen-bond donors (Lipinski definition) is 1. The number of rotatable bonds is 5. The number of benzene rings is 1. The Morgan fingerprint density at radius 2 is 2.00 bits per heavy atom. The smallest absolute Gasteiger partial charge is 0.250 e. The van der Waals surface area contributed by atoms with Crippen molar-refractivity contribution < 1.29 is 14.3 Å². The first-order valence-electron chi connectivity index (χ1n) is 7.35. The van der Waals surface area contributed by atoms with E-state index in [4.69, 9.17) is 9.47 Å². The number of carbonyl (C=O) groups is 1. The van der Waals surface area contributed by atoms with Crippen LogP contribution in [0, 0.1) is 0 Å². The lowest BCUT2D eigenvalue weighted by Crippen LogP contribution is -2.21. The zero-order valence-corrected chi connectivity index (χ0v) is 13.9. The predicted molar refractivity (Wildman–Crippen MR) is 90.5 cm³/mol. The number of thioether (sulfide) groups is 1. The molecule has 0 spiro atoms. The first-order chi connectivity index (χ1) is 11.7. The van der Waals surface area contributed by atoms with Gasteiger partial charge in [0.25, 0.3) is 5.91 Å².